The van der Waals surface area contributed by atoms with Gasteiger partial charge in [-0.05, 0) is 36.6 Å². The molecule has 3 rings (SSSR count). The summed E-state index contributed by atoms with van der Waals surface area (Å²) < 4.78 is 5.45. The molecule has 1 fully saturated rings. The van der Waals surface area contributed by atoms with Gasteiger partial charge in [-0.15, -0.1) is 0 Å². The molecule has 102 valence electrons. The van der Waals surface area contributed by atoms with Crippen molar-refractivity contribution in [1.29, 1.82) is 0 Å². The first-order chi connectivity index (χ1) is 9.19. The van der Waals surface area contributed by atoms with Crippen LogP contribution in [0.3, 0.4) is 0 Å². The third kappa shape index (κ3) is 2.39. The Morgan fingerprint density at radius 2 is 1.89 bits per heavy atom. The van der Waals surface area contributed by atoms with Crippen molar-refractivity contribution in [2.45, 2.75) is 50.5 Å². The van der Waals surface area contributed by atoms with E-state index >= 15 is 0 Å². The summed E-state index contributed by atoms with van der Waals surface area (Å²) in [5, 5.41) is 10.6. The number of aliphatic hydroxyl groups is 1. The topological polar surface area (TPSA) is 46.5 Å². The number of Topliss-reactive ketones (excluding diaryl/α,β-unsaturated/α-hetero) is 1. The average molecular weight is 260 g/mol. The molecule has 0 atom stereocenters. The minimum Gasteiger partial charge on any atom is -0.493 e. The minimum absolute atomic E-state index is 0.107. The fraction of sp³-hybridized carbons (Fsp3) is 0.562. The maximum absolute atomic E-state index is 12.6. The molecular weight excluding hydrogens is 240 g/mol. The van der Waals surface area contributed by atoms with E-state index in [1.54, 1.807) is 6.07 Å². The molecule has 1 aromatic carbocycles. The second-order valence-electron chi connectivity index (χ2n) is 5.70. The summed E-state index contributed by atoms with van der Waals surface area (Å²) in [6.45, 7) is 0.692. The van der Waals surface area contributed by atoms with Crippen molar-refractivity contribution in [3.8, 4) is 5.75 Å². The molecule has 1 saturated carbocycles. The van der Waals surface area contributed by atoms with Crippen molar-refractivity contribution in [3.63, 3.8) is 0 Å². The first-order valence-corrected chi connectivity index (χ1v) is 7.22. The van der Waals surface area contributed by atoms with Crippen LogP contribution in [0.2, 0.25) is 0 Å². The third-order valence-corrected chi connectivity index (χ3v) is 4.31. The predicted octanol–water partition coefficient (Wildman–Crippen LogP) is 2.89. The number of rotatable bonds is 2. The van der Waals surface area contributed by atoms with Crippen LogP contribution in [0.15, 0.2) is 18.2 Å². The molecule has 0 amide bonds. The number of ether oxygens (including phenoxy) is 1. The summed E-state index contributed by atoms with van der Waals surface area (Å²) in [5.74, 6) is 0.772. The van der Waals surface area contributed by atoms with Crippen LogP contribution in [-0.4, -0.2) is 23.1 Å². The first kappa shape index (κ1) is 12.7. The number of fused-ring (bicyclic) bond motifs is 1. The van der Waals surface area contributed by atoms with Crippen molar-refractivity contribution in [1.82, 2.24) is 0 Å². The average Bonchev–Trinajstić information content (AvgIpc) is 2.78. The fourth-order valence-corrected chi connectivity index (χ4v) is 3.14. The van der Waals surface area contributed by atoms with Gasteiger partial charge in [-0.2, -0.15) is 0 Å². The monoisotopic (exact) mass is 260 g/mol. The summed E-state index contributed by atoms with van der Waals surface area (Å²) in [5.41, 5.74) is 0.571. The van der Waals surface area contributed by atoms with E-state index in [2.05, 4.69) is 0 Å². The Morgan fingerprint density at radius 3 is 2.63 bits per heavy atom. The standard InChI is InChI=1S/C16H20O3/c17-15(16(18)8-3-1-2-4-9-16)13-5-6-14-12(11-13)7-10-19-14/h5-6,11,18H,1-4,7-10H2. The van der Waals surface area contributed by atoms with Crippen LogP contribution in [0.5, 0.6) is 5.75 Å². The largest absolute Gasteiger partial charge is 0.493 e. The Bertz CT molecular complexity index is 485. The van der Waals surface area contributed by atoms with E-state index in [-0.39, 0.29) is 5.78 Å². The second kappa shape index (κ2) is 4.97. The van der Waals surface area contributed by atoms with Crippen LogP contribution >= 0.6 is 0 Å². The number of carbonyl (C=O) groups excluding carboxylic acids is 1. The maximum Gasteiger partial charge on any atom is 0.194 e. The lowest BCUT2D eigenvalue weighted by molar-refractivity contribution is 0.0238. The van der Waals surface area contributed by atoms with Gasteiger partial charge in [0.25, 0.3) is 0 Å². The van der Waals surface area contributed by atoms with E-state index < -0.39 is 5.60 Å². The zero-order chi connectivity index (χ0) is 13.3. The lowest BCUT2D eigenvalue weighted by Crippen LogP contribution is -2.38. The van der Waals surface area contributed by atoms with E-state index in [1.807, 2.05) is 12.1 Å². The highest BCUT2D eigenvalue weighted by molar-refractivity contribution is 6.02. The lowest BCUT2D eigenvalue weighted by atomic mass is 9.85. The molecule has 2 aliphatic rings. The summed E-state index contributed by atoms with van der Waals surface area (Å²) in [6, 6.07) is 5.54. The van der Waals surface area contributed by atoms with Crippen molar-refractivity contribution in [2.75, 3.05) is 6.61 Å². The highest BCUT2D eigenvalue weighted by atomic mass is 16.5. The number of benzene rings is 1. The molecule has 3 heteroatoms. The number of carbonyl (C=O) groups is 1. The number of hydrogen-bond donors (Lipinski definition) is 1. The Morgan fingerprint density at radius 1 is 1.16 bits per heavy atom. The molecule has 0 unspecified atom stereocenters. The highest BCUT2D eigenvalue weighted by Gasteiger charge is 2.36. The van der Waals surface area contributed by atoms with Crippen LogP contribution in [0.4, 0.5) is 0 Å². The molecule has 1 aromatic rings. The van der Waals surface area contributed by atoms with Gasteiger partial charge in [-0.25, -0.2) is 0 Å². The Hall–Kier alpha value is -1.35. The van der Waals surface area contributed by atoms with E-state index in [0.717, 1.165) is 43.4 Å². The van der Waals surface area contributed by atoms with Crippen LogP contribution < -0.4 is 4.74 Å². The fourth-order valence-electron chi connectivity index (χ4n) is 3.14. The van der Waals surface area contributed by atoms with E-state index in [1.165, 1.54) is 0 Å². The molecule has 19 heavy (non-hydrogen) atoms. The predicted molar refractivity (Wildman–Crippen MR) is 72.6 cm³/mol. The van der Waals surface area contributed by atoms with Gasteiger partial charge in [0.2, 0.25) is 0 Å². The van der Waals surface area contributed by atoms with Crippen LogP contribution in [-0.2, 0) is 6.42 Å². The summed E-state index contributed by atoms with van der Waals surface area (Å²) in [6.07, 6.45) is 6.17. The Labute approximate surface area is 113 Å². The molecular formula is C16H20O3. The molecule has 1 aliphatic carbocycles. The van der Waals surface area contributed by atoms with Gasteiger partial charge in [0.15, 0.2) is 5.78 Å². The normalized spacial score (nSPS) is 21.3. The van der Waals surface area contributed by atoms with Gasteiger partial charge in [0.05, 0.1) is 6.61 Å². The van der Waals surface area contributed by atoms with Crippen molar-refractivity contribution in [2.24, 2.45) is 0 Å². The first-order valence-electron chi connectivity index (χ1n) is 7.22. The Kier molecular flexibility index (Phi) is 3.31. The van der Waals surface area contributed by atoms with Crippen molar-refractivity contribution < 1.29 is 14.6 Å². The smallest absolute Gasteiger partial charge is 0.194 e. The number of hydrogen-bond acceptors (Lipinski definition) is 3. The van der Waals surface area contributed by atoms with E-state index in [9.17, 15) is 9.90 Å². The van der Waals surface area contributed by atoms with Gasteiger partial charge in [-0.1, -0.05) is 25.7 Å². The zero-order valence-corrected chi connectivity index (χ0v) is 11.2. The van der Waals surface area contributed by atoms with Crippen molar-refractivity contribution in [3.05, 3.63) is 29.3 Å². The van der Waals surface area contributed by atoms with Crippen LogP contribution in [0.1, 0.15) is 54.4 Å². The van der Waals surface area contributed by atoms with Gasteiger partial charge in [0.1, 0.15) is 11.4 Å². The lowest BCUT2D eigenvalue weighted by Gasteiger charge is -2.25. The SMILES string of the molecule is O=C(c1ccc2c(c1)CCO2)C1(O)CCCCCC1. The molecule has 1 aliphatic heterocycles. The molecule has 0 saturated heterocycles. The molecule has 0 spiro atoms. The van der Waals surface area contributed by atoms with Gasteiger partial charge in [-0.3, -0.25) is 4.79 Å². The molecule has 3 nitrogen and oxygen atoms in total. The second-order valence-corrected chi connectivity index (χ2v) is 5.70. The highest BCUT2D eigenvalue weighted by Crippen LogP contribution is 2.32. The number of ketones is 1. The third-order valence-electron chi connectivity index (χ3n) is 4.31. The summed E-state index contributed by atoms with van der Waals surface area (Å²) in [7, 11) is 0. The molecule has 0 aromatic heterocycles. The van der Waals surface area contributed by atoms with Gasteiger partial charge in [0, 0.05) is 12.0 Å². The summed E-state index contributed by atoms with van der Waals surface area (Å²) >= 11 is 0. The van der Waals surface area contributed by atoms with E-state index in [4.69, 9.17) is 4.74 Å². The molecule has 1 N–H and O–H groups in total. The van der Waals surface area contributed by atoms with E-state index in [0.29, 0.717) is 25.0 Å². The van der Waals surface area contributed by atoms with Crippen molar-refractivity contribution >= 4 is 5.78 Å². The zero-order valence-electron chi connectivity index (χ0n) is 11.2. The molecule has 0 bridgehead atoms. The quantitative estimate of drug-likeness (QED) is 0.657. The minimum atomic E-state index is -1.15. The van der Waals surface area contributed by atoms with Crippen LogP contribution in [0.25, 0.3) is 0 Å². The van der Waals surface area contributed by atoms with Gasteiger partial charge >= 0.3 is 0 Å². The molecule has 0 radical (unpaired) electrons. The molecule has 1 heterocycles. The van der Waals surface area contributed by atoms with Crippen LogP contribution in [0, 0.1) is 0 Å². The maximum atomic E-state index is 12.6. The van der Waals surface area contributed by atoms with Gasteiger partial charge < -0.3 is 9.84 Å². The Balaban J connectivity index is 1.86. The summed E-state index contributed by atoms with van der Waals surface area (Å²) in [4.78, 5) is 12.6.